The Labute approximate surface area is 294 Å². The summed E-state index contributed by atoms with van der Waals surface area (Å²) < 4.78 is 5.82. The number of anilines is 2. The fourth-order valence-electron chi connectivity index (χ4n) is 4.96. The Hall–Kier alpha value is -4.72. The number of carbonyl (C=O) groups is 1. The quantitative estimate of drug-likeness (QED) is 0.0877. The van der Waals surface area contributed by atoms with E-state index in [0.29, 0.717) is 50.3 Å². The molecular weight excluding hydrogens is 718 g/mol. The molecule has 48 heavy (non-hydrogen) atoms. The van der Waals surface area contributed by atoms with E-state index in [9.17, 15) is 14.9 Å². The summed E-state index contributed by atoms with van der Waals surface area (Å²) in [5, 5.41) is 19.9. The Kier molecular flexibility index (Phi) is 10.8. The smallest absolute Gasteiger partial charge is 0.337 e. The number of aryl methyl sites for hydroxylation is 2. The van der Waals surface area contributed by atoms with E-state index in [-0.39, 0.29) is 23.7 Å². The van der Waals surface area contributed by atoms with Gasteiger partial charge in [0, 0.05) is 32.8 Å². The van der Waals surface area contributed by atoms with Crippen molar-refractivity contribution in [1.82, 2.24) is 19.9 Å². The fraction of sp³-hybridized carbons (Fsp3) is 0.206. The molecule has 0 saturated heterocycles. The maximum Gasteiger partial charge on any atom is 0.337 e. The second kappa shape index (κ2) is 15.0. The summed E-state index contributed by atoms with van der Waals surface area (Å²) in [6.45, 7) is 7.69. The molecule has 14 heteroatoms. The normalized spacial score (nSPS) is 12.1. The highest BCUT2D eigenvalue weighted by Gasteiger charge is 2.16. The number of rotatable bonds is 8. The number of aromatic nitrogens is 4. The van der Waals surface area contributed by atoms with Gasteiger partial charge in [-0.15, -0.1) is 11.3 Å². The topological polar surface area (TPSA) is 145 Å². The molecule has 0 fully saturated rings. The van der Waals surface area contributed by atoms with Crippen molar-refractivity contribution in [1.29, 1.82) is 0 Å². The van der Waals surface area contributed by atoms with E-state index in [1.807, 2.05) is 63.2 Å². The van der Waals surface area contributed by atoms with Gasteiger partial charge in [0.1, 0.15) is 23.3 Å². The lowest BCUT2D eigenvalue weighted by Gasteiger charge is -2.17. The Morgan fingerprint density at radius 2 is 1.56 bits per heavy atom. The lowest BCUT2D eigenvalue weighted by atomic mass is 10.1. The van der Waals surface area contributed by atoms with Crippen molar-refractivity contribution in [2.24, 2.45) is 0 Å². The molecule has 0 amide bonds. The number of thiophene rings is 1. The zero-order valence-corrected chi connectivity index (χ0v) is 29.8. The van der Waals surface area contributed by atoms with Crippen LogP contribution in [0.3, 0.4) is 0 Å². The molecule has 0 radical (unpaired) electrons. The summed E-state index contributed by atoms with van der Waals surface area (Å²) >= 11 is 11.2. The molecule has 3 aromatic carbocycles. The van der Waals surface area contributed by atoms with Gasteiger partial charge in [0.25, 0.3) is 5.69 Å². The summed E-state index contributed by atoms with van der Waals surface area (Å²) in [4.78, 5) is 41.2. The van der Waals surface area contributed by atoms with E-state index >= 15 is 0 Å². The number of nitro benzene ring substituents is 1. The number of nitro groups is 1. The molecule has 2 atom stereocenters. The monoisotopic (exact) mass is 747 g/mol. The van der Waals surface area contributed by atoms with E-state index in [4.69, 9.17) is 16.3 Å². The van der Waals surface area contributed by atoms with Crippen LogP contribution >= 0.6 is 38.9 Å². The van der Waals surface area contributed by atoms with Crippen molar-refractivity contribution in [3.8, 4) is 0 Å². The summed E-state index contributed by atoms with van der Waals surface area (Å²) in [6, 6.07) is 21.6. The number of benzene rings is 3. The molecule has 246 valence electrons. The largest absolute Gasteiger partial charge is 0.465 e. The van der Waals surface area contributed by atoms with Gasteiger partial charge in [-0.2, -0.15) is 0 Å². The predicted molar refractivity (Wildman–Crippen MR) is 194 cm³/mol. The van der Waals surface area contributed by atoms with Crippen molar-refractivity contribution in [3.05, 3.63) is 119 Å². The minimum absolute atomic E-state index is 0.0106. The number of hydrogen-bond acceptors (Lipinski definition) is 11. The molecule has 0 saturated carbocycles. The first-order valence-electron chi connectivity index (χ1n) is 14.7. The fourth-order valence-corrected chi connectivity index (χ4v) is 6.58. The van der Waals surface area contributed by atoms with Crippen LogP contribution in [0.2, 0.25) is 5.02 Å². The summed E-state index contributed by atoms with van der Waals surface area (Å²) in [7, 11) is 1.36. The number of methoxy groups -OCH3 is 1. The minimum atomic E-state index is -0.414. The summed E-state index contributed by atoms with van der Waals surface area (Å²) in [5.74, 6) is 2.17. The average molecular weight is 749 g/mol. The first-order valence-corrected chi connectivity index (χ1v) is 16.7. The molecule has 0 aliphatic rings. The van der Waals surface area contributed by atoms with Gasteiger partial charge in [-0.25, -0.2) is 24.7 Å². The Bertz CT molecular complexity index is 2140. The number of halogens is 2. The third-order valence-corrected chi connectivity index (χ3v) is 9.35. The number of fused-ring (bicyclic) bond motifs is 2. The molecule has 11 nitrogen and oxygen atoms in total. The zero-order chi connectivity index (χ0) is 34.5. The van der Waals surface area contributed by atoms with Gasteiger partial charge < -0.3 is 15.4 Å². The lowest BCUT2D eigenvalue weighted by molar-refractivity contribution is -0.384. The van der Waals surface area contributed by atoms with Crippen LogP contribution in [0.1, 0.15) is 58.4 Å². The molecule has 0 aliphatic heterocycles. The van der Waals surface area contributed by atoms with E-state index in [1.165, 1.54) is 19.2 Å². The molecular formula is C34H31BrClN7O4S. The van der Waals surface area contributed by atoms with Gasteiger partial charge in [-0.05, 0) is 97.7 Å². The standard InChI is InChI=1S/C19H18ClN3O2.C15H13BrN4O2S/c1-11(13-5-4-6-15(20)9-13)21-18-16-8-7-14(19(24)25-3)10-17(16)22-12(2)23-18;1-8(13-5-6-14(16)23-13)17-15-11-7-10(20(21)22)3-4-12(11)18-9(2)19-15/h4-11H,1-3H3,(H,21,22,23);3-8H,1-2H3,(H,17,18,19)/t11-;/m1./s1. The highest BCUT2D eigenvalue weighted by Crippen LogP contribution is 2.32. The Morgan fingerprint density at radius 1 is 0.875 bits per heavy atom. The van der Waals surface area contributed by atoms with Crippen LogP contribution in [0.5, 0.6) is 0 Å². The van der Waals surface area contributed by atoms with Gasteiger partial charge in [0.05, 0.1) is 44.5 Å². The molecule has 6 aromatic rings. The van der Waals surface area contributed by atoms with Gasteiger partial charge in [-0.1, -0.05) is 23.7 Å². The van der Waals surface area contributed by atoms with Gasteiger partial charge in [0.15, 0.2) is 0 Å². The second-order valence-electron chi connectivity index (χ2n) is 10.8. The molecule has 0 bridgehead atoms. The van der Waals surface area contributed by atoms with Crippen LogP contribution in [0.15, 0.2) is 76.6 Å². The highest BCUT2D eigenvalue weighted by molar-refractivity contribution is 9.11. The molecule has 3 aromatic heterocycles. The number of nitrogens with zero attached hydrogens (tertiary/aromatic N) is 5. The molecule has 6 rings (SSSR count). The number of nitrogens with one attached hydrogen (secondary N) is 2. The summed E-state index contributed by atoms with van der Waals surface area (Å²) in [5.41, 5.74) is 2.92. The predicted octanol–water partition coefficient (Wildman–Crippen LogP) is 9.39. The van der Waals surface area contributed by atoms with Crippen LogP contribution < -0.4 is 10.6 Å². The van der Waals surface area contributed by atoms with Gasteiger partial charge in [0.2, 0.25) is 0 Å². The maximum absolute atomic E-state index is 11.7. The third-order valence-electron chi connectivity index (χ3n) is 7.31. The number of non-ortho nitro benzene ring substituents is 1. The molecule has 1 unspecified atom stereocenters. The van der Waals surface area contributed by atoms with Crippen LogP contribution in [0.25, 0.3) is 21.8 Å². The number of ether oxygens (including phenoxy) is 1. The first kappa shape index (κ1) is 34.6. The maximum atomic E-state index is 11.7. The summed E-state index contributed by atoms with van der Waals surface area (Å²) in [6.07, 6.45) is 0. The van der Waals surface area contributed by atoms with E-state index < -0.39 is 4.92 Å². The van der Waals surface area contributed by atoms with Crippen LogP contribution in [0, 0.1) is 24.0 Å². The van der Waals surface area contributed by atoms with Crippen molar-refractivity contribution in [2.75, 3.05) is 17.7 Å². The molecule has 2 N–H and O–H groups in total. The number of hydrogen-bond donors (Lipinski definition) is 2. The number of esters is 1. The SMILES string of the molecule is COC(=O)c1ccc2c(N[C@H](C)c3cccc(Cl)c3)nc(C)nc2c1.Cc1nc(NC(C)c2ccc(Br)s2)c2cc([N+](=O)[O-])ccc2n1. The van der Waals surface area contributed by atoms with Crippen molar-refractivity contribution >= 4 is 84.0 Å². The van der Waals surface area contributed by atoms with Crippen LogP contribution in [-0.4, -0.2) is 37.9 Å². The van der Waals surface area contributed by atoms with Gasteiger partial charge >= 0.3 is 5.97 Å². The Balaban J connectivity index is 0.000000188. The van der Waals surface area contributed by atoms with E-state index in [0.717, 1.165) is 19.6 Å². The lowest BCUT2D eigenvalue weighted by Crippen LogP contribution is -2.10. The van der Waals surface area contributed by atoms with Crippen molar-refractivity contribution < 1.29 is 14.5 Å². The first-order chi connectivity index (χ1) is 22.9. The second-order valence-corrected chi connectivity index (χ2v) is 13.8. The van der Waals surface area contributed by atoms with E-state index in [2.05, 4.69) is 46.5 Å². The molecule has 0 aliphatic carbocycles. The molecule has 3 heterocycles. The van der Waals surface area contributed by atoms with Crippen LogP contribution in [0.4, 0.5) is 17.3 Å². The van der Waals surface area contributed by atoms with Crippen LogP contribution in [-0.2, 0) is 4.74 Å². The number of carbonyl (C=O) groups excluding carboxylic acids is 1. The van der Waals surface area contributed by atoms with Crippen molar-refractivity contribution in [2.45, 2.75) is 39.8 Å². The van der Waals surface area contributed by atoms with Gasteiger partial charge in [-0.3, -0.25) is 10.1 Å². The highest BCUT2D eigenvalue weighted by atomic mass is 79.9. The van der Waals surface area contributed by atoms with E-state index in [1.54, 1.807) is 36.5 Å². The Morgan fingerprint density at radius 3 is 2.21 bits per heavy atom. The third kappa shape index (κ3) is 8.22. The zero-order valence-electron chi connectivity index (χ0n) is 26.6. The van der Waals surface area contributed by atoms with Crippen molar-refractivity contribution in [3.63, 3.8) is 0 Å². The molecule has 0 spiro atoms. The minimum Gasteiger partial charge on any atom is -0.465 e. The average Bonchev–Trinajstić information content (AvgIpc) is 3.50.